The number of ether oxygens (including phenoxy) is 1. The zero-order chi connectivity index (χ0) is 14.4. The first-order valence-corrected chi connectivity index (χ1v) is 6.55. The second-order valence-electron chi connectivity index (χ2n) is 5.85. The monoisotopic (exact) mass is 264 g/mol. The van der Waals surface area contributed by atoms with Crippen molar-refractivity contribution >= 4 is 11.8 Å². The molecule has 2 rings (SSSR count). The van der Waals surface area contributed by atoms with Crippen molar-refractivity contribution < 1.29 is 19.4 Å². The van der Waals surface area contributed by atoms with Gasteiger partial charge in [-0.2, -0.15) is 0 Å². The Balaban J connectivity index is 2.54. The Hall–Kier alpha value is -1.58. The molecule has 0 aromatic rings. The molecule has 1 N–H and O–H groups in total. The van der Waals surface area contributed by atoms with Gasteiger partial charge in [-0.25, -0.2) is 0 Å². The first-order valence-electron chi connectivity index (χ1n) is 6.55. The molecule has 4 nitrogen and oxygen atoms in total. The molecule has 2 fully saturated rings. The van der Waals surface area contributed by atoms with Crippen molar-refractivity contribution in [2.24, 2.45) is 22.7 Å². The predicted octanol–water partition coefficient (Wildman–Crippen LogP) is 2.41. The highest BCUT2D eigenvalue weighted by atomic mass is 16.5. The molecule has 2 bridgehead atoms. The molecular weight excluding hydrogens is 244 g/mol. The predicted molar refractivity (Wildman–Crippen MR) is 70.4 cm³/mol. The van der Waals surface area contributed by atoms with Crippen molar-refractivity contribution in [1.82, 2.24) is 0 Å². The molecule has 4 heteroatoms. The zero-order valence-electron chi connectivity index (χ0n) is 11.6. The van der Waals surface area contributed by atoms with Crippen LogP contribution in [0.2, 0.25) is 0 Å². The summed E-state index contributed by atoms with van der Waals surface area (Å²) in [4.78, 5) is 24.7. The number of hydrogen-bond acceptors (Lipinski definition) is 4. The van der Waals surface area contributed by atoms with E-state index in [1.54, 1.807) is 13.0 Å². The van der Waals surface area contributed by atoms with Crippen LogP contribution in [0.3, 0.4) is 0 Å². The first-order chi connectivity index (χ1) is 8.87. The Kier molecular flexibility index (Phi) is 3.07. The fraction of sp³-hybridized carbons (Fsp3) is 0.600. The number of carbonyl (C=O) groups is 2. The summed E-state index contributed by atoms with van der Waals surface area (Å²) in [5.74, 6) is -1.74. The lowest BCUT2D eigenvalue weighted by molar-refractivity contribution is -0.153. The van der Waals surface area contributed by atoms with Crippen molar-refractivity contribution in [3.05, 3.63) is 24.5 Å². The number of fused-ring (bicyclic) bond motifs is 2. The van der Waals surface area contributed by atoms with E-state index in [0.29, 0.717) is 6.42 Å². The molecular formula is C15H20O4. The maximum Gasteiger partial charge on any atom is 0.317 e. The van der Waals surface area contributed by atoms with Gasteiger partial charge in [0.1, 0.15) is 5.92 Å². The van der Waals surface area contributed by atoms with Crippen LogP contribution < -0.4 is 0 Å². The fourth-order valence-electron chi connectivity index (χ4n) is 3.90. The van der Waals surface area contributed by atoms with Gasteiger partial charge < -0.3 is 9.84 Å². The van der Waals surface area contributed by atoms with E-state index in [1.165, 1.54) is 0 Å². The van der Waals surface area contributed by atoms with Crippen molar-refractivity contribution in [2.45, 2.75) is 27.2 Å². The van der Waals surface area contributed by atoms with E-state index in [-0.39, 0.29) is 18.3 Å². The smallest absolute Gasteiger partial charge is 0.317 e. The second kappa shape index (κ2) is 4.22. The average molecular weight is 264 g/mol. The van der Waals surface area contributed by atoms with E-state index >= 15 is 0 Å². The van der Waals surface area contributed by atoms with Gasteiger partial charge in [0, 0.05) is 5.92 Å². The first kappa shape index (κ1) is 13.8. The minimum Gasteiger partial charge on any atom is -0.516 e. The molecule has 3 unspecified atom stereocenters. The molecule has 0 aliphatic heterocycles. The number of carbonyl (C=O) groups excluding carboxylic acids is 2. The van der Waals surface area contributed by atoms with E-state index in [4.69, 9.17) is 4.74 Å². The lowest BCUT2D eigenvalue weighted by atomic mass is 9.69. The van der Waals surface area contributed by atoms with E-state index in [1.807, 2.05) is 13.8 Å². The maximum atomic E-state index is 12.6. The molecule has 0 heterocycles. The highest BCUT2D eigenvalue weighted by molar-refractivity contribution is 6.07. The van der Waals surface area contributed by atoms with Crippen LogP contribution in [0.1, 0.15) is 27.2 Å². The summed E-state index contributed by atoms with van der Waals surface area (Å²) in [5, 5.41) is 9.39. The third-order valence-electron chi connectivity index (χ3n) is 4.92. The molecule has 0 spiro atoms. The summed E-state index contributed by atoms with van der Waals surface area (Å²) in [5.41, 5.74) is -0.468. The number of hydrogen-bond donors (Lipinski definition) is 1. The molecule has 0 aromatic carbocycles. The molecule has 2 aliphatic rings. The molecule has 0 aromatic heterocycles. The van der Waals surface area contributed by atoms with E-state index < -0.39 is 22.7 Å². The SMILES string of the molecule is C=CC12C/C(=C/O)C(C(C(=O)OCC)C1=O)C2(C)C. The summed E-state index contributed by atoms with van der Waals surface area (Å²) in [6.07, 6.45) is 3.12. The highest BCUT2D eigenvalue weighted by Gasteiger charge is 2.71. The molecule has 2 saturated carbocycles. The molecule has 104 valence electrons. The van der Waals surface area contributed by atoms with Crippen molar-refractivity contribution in [3.63, 3.8) is 0 Å². The Morgan fingerprint density at radius 2 is 2.21 bits per heavy atom. The average Bonchev–Trinajstić information content (AvgIpc) is 2.69. The standard InChI is InChI=1S/C15H20O4/c1-5-15-7-9(8-16)11(14(15,3)4)10(12(15)17)13(18)19-6-2/h5,8,10-11,16H,1,6-7H2,2-4H3/b9-8-. The third kappa shape index (κ3) is 1.46. The van der Waals surface area contributed by atoms with Gasteiger partial charge in [-0.05, 0) is 24.3 Å². The molecule has 0 radical (unpaired) electrons. The van der Waals surface area contributed by atoms with Gasteiger partial charge in [-0.3, -0.25) is 9.59 Å². The van der Waals surface area contributed by atoms with Crippen LogP contribution in [0.25, 0.3) is 0 Å². The van der Waals surface area contributed by atoms with E-state index in [9.17, 15) is 14.7 Å². The normalized spacial score (nSPS) is 37.6. The zero-order valence-corrected chi connectivity index (χ0v) is 11.6. The van der Waals surface area contributed by atoms with Crippen molar-refractivity contribution in [2.75, 3.05) is 6.61 Å². The van der Waals surface area contributed by atoms with Crippen LogP contribution in [0.4, 0.5) is 0 Å². The Morgan fingerprint density at radius 3 is 2.63 bits per heavy atom. The van der Waals surface area contributed by atoms with Gasteiger partial charge in [0.25, 0.3) is 0 Å². The number of ketones is 1. The van der Waals surface area contributed by atoms with Gasteiger partial charge in [-0.15, -0.1) is 6.58 Å². The summed E-state index contributed by atoms with van der Waals surface area (Å²) in [7, 11) is 0. The van der Waals surface area contributed by atoms with Crippen LogP contribution in [0.15, 0.2) is 24.5 Å². The number of allylic oxidation sites excluding steroid dienone is 2. The lowest BCUT2D eigenvalue weighted by Crippen LogP contribution is -2.37. The Morgan fingerprint density at radius 1 is 1.58 bits per heavy atom. The third-order valence-corrected chi connectivity index (χ3v) is 4.92. The molecule has 3 atom stereocenters. The quantitative estimate of drug-likeness (QED) is 0.368. The van der Waals surface area contributed by atoms with Crippen LogP contribution >= 0.6 is 0 Å². The topological polar surface area (TPSA) is 63.6 Å². The minimum absolute atomic E-state index is 0.124. The number of rotatable bonds is 3. The maximum absolute atomic E-state index is 12.6. The van der Waals surface area contributed by atoms with Crippen molar-refractivity contribution in [1.29, 1.82) is 0 Å². The molecule has 2 aliphatic carbocycles. The van der Waals surface area contributed by atoms with Crippen molar-refractivity contribution in [3.8, 4) is 0 Å². The summed E-state index contributed by atoms with van der Waals surface area (Å²) in [6.45, 7) is 9.65. The Labute approximate surface area is 113 Å². The number of aliphatic hydroxyl groups is 1. The molecule has 0 amide bonds. The number of esters is 1. The van der Waals surface area contributed by atoms with Crippen LogP contribution in [-0.4, -0.2) is 23.5 Å². The van der Waals surface area contributed by atoms with Crippen LogP contribution in [0.5, 0.6) is 0 Å². The molecule has 19 heavy (non-hydrogen) atoms. The van der Waals surface area contributed by atoms with E-state index in [2.05, 4.69) is 6.58 Å². The van der Waals surface area contributed by atoms with Gasteiger partial charge in [0.2, 0.25) is 0 Å². The summed E-state index contributed by atoms with van der Waals surface area (Å²) >= 11 is 0. The minimum atomic E-state index is -0.819. The van der Waals surface area contributed by atoms with Crippen LogP contribution in [-0.2, 0) is 14.3 Å². The van der Waals surface area contributed by atoms with Gasteiger partial charge in [-0.1, -0.05) is 19.9 Å². The summed E-state index contributed by atoms with van der Waals surface area (Å²) in [6, 6.07) is 0. The van der Waals surface area contributed by atoms with Gasteiger partial charge in [0.15, 0.2) is 5.78 Å². The molecule has 0 saturated heterocycles. The lowest BCUT2D eigenvalue weighted by Gasteiger charge is -2.32. The second-order valence-corrected chi connectivity index (χ2v) is 5.85. The number of Topliss-reactive ketones (excluding diaryl/α,β-unsaturated/α-hetero) is 1. The highest BCUT2D eigenvalue weighted by Crippen LogP contribution is 2.68. The largest absolute Gasteiger partial charge is 0.516 e. The summed E-state index contributed by atoms with van der Waals surface area (Å²) < 4.78 is 5.02. The fourth-order valence-corrected chi connectivity index (χ4v) is 3.90. The van der Waals surface area contributed by atoms with Gasteiger partial charge in [0.05, 0.1) is 18.3 Å². The number of aliphatic hydroxyl groups excluding tert-OH is 1. The van der Waals surface area contributed by atoms with E-state index in [0.717, 1.165) is 11.8 Å². The Bertz CT molecular complexity index is 475. The van der Waals surface area contributed by atoms with Crippen LogP contribution in [0, 0.1) is 22.7 Å². The van der Waals surface area contributed by atoms with Gasteiger partial charge >= 0.3 is 5.97 Å².